The first-order valence-electron chi connectivity index (χ1n) is 5.21. The molecule has 1 aliphatic heterocycles. The molecule has 0 aromatic carbocycles. The fourth-order valence-electron chi connectivity index (χ4n) is 1.72. The second-order valence-corrected chi connectivity index (χ2v) is 6.04. The molecule has 0 aromatic heterocycles. The Labute approximate surface area is 86.5 Å². The number of likely N-dealkylation sites (N-methyl/N-ethyl adjacent to an activating group) is 1. The van der Waals surface area contributed by atoms with E-state index in [1.807, 2.05) is 0 Å². The van der Waals surface area contributed by atoms with Crippen LogP contribution in [0.3, 0.4) is 0 Å². The van der Waals surface area contributed by atoms with Gasteiger partial charge in [-0.3, -0.25) is 4.90 Å². The van der Waals surface area contributed by atoms with E-state index in [9.17, 15) is 0 Å². The molecule has 1 N–H and O–H groups in total. The van der Waals surface area contributed by atoms with Gasteiger partial charge in [0.15, 0.2) is 0 Å². The zero-order valence-electron chi connectivity index (χ0n) is 9.10. The molecular formula is C10H22N2S. The first-order valence-corrected chi connectivity index (χ1v) is 6.19. The second-order valence-electron chi connectivity index (χ2n) is 4.24. The number of nitrogens with zero attached hydrogens (tertiary/aromatic N) is 1. The number of hydrogen-bond donors (Lipinski definition) is 1. The first kappa shape index (κ1) is 11.3. The standard InChI is InChI=1S/C10H22N2S/c1-4-11-5-6-12-7-8-13-10(2,3)9-12/h11H,4-9H2,1-3H3. The van der Waals surface area contributed by atoms with Gasteiger partial charge in [0.2, 0.25) is 0 Å². The Kier molecular flexibility index (Phi) is 4.56. The molecule has 78 valence electrons. The van der Waals surface area contributed by atoms with E-state index in [-0.39, 0.29) is 0 Å². The highest BCUT2D eigenvalue weighted by Gasteiger charge is 2.26. The molecule has 1 rings (SSSR count). The summed E-state index contributed by atoms with van der Waals surface area (Å²) in [6.45, 7) is 12.8. The van der Waals surface area contributed by atoms with Gasteiger partial charge in [0.25, 0.3) is 0 Å². The summed E-state index contributed by atoms with van der Waals surface area (Å²) in [5.74, 6) is 1.29. The van der Waals surface area contributed by atoms with Crippen molar-refractivity contribution in [2.45, 2.75) is 25.5 Å². The van der Waals surface area contributed by atoms with E-state index in [0.717, 1.165) is 13.1 Å². The minimum atomic E-state index is 0.463. The summed E-state index contributed by atoms with van der Waals surface area (Å²) < 4.78 is 0.463. The van der Waals surface area contributed by atoms with Gasteiger partial charge >= 0.3 is 0 Å². The highest BCUT2D eigenvalue weighted by molar-refractivity contribution is 8.00. The Morgan fingerprint density at radius 1 is 1.46 bits per heavy atom. The van der Waals surface area contributed by atoms with Crippen LogP contribution in [0, 0.1) is 0 Å². The lowest BCUT2D eigenvalue weighted by atomic mass is 10.2. The van der Waals surface area contributed by atoms with E-state index in [2.05, 4.69) is 42.7 Å². The molecule has 1 aliphatic rings. The Balaban J connectivity index is 2.19. The van der Waals surface area contributed by atoms with E-state index >= 15 is 0 Å². The molecule has 0 amide bonds. The average molecular weight is 202 g/mol. The van der Waals surface area contributed by atoms with Crippen LogP contribution in [0.25, 0.3) is 0 Å². The Morgan fingerprint density at radius 2 is 2.23 bits per heavy atom. The van der Waals surface area contributed by atoms with Gasteiger partial charge in [-0.15, -0.1) is 0 Å². The minimum Gasteiger partial charge on any atom is -0.316 e. The number of hydrogen-bond acceptors (Lipinski definition) is 3. The maximum absolute atomic E-state index is 3.37. The average Bonchev–Trinajstić information content (AvgIpc) is 2.03. The molecule has 1 heterocycles. The molecule has 0 unspecified atom stereocenters. The number of thioether (sulfide) groups is 1. The highest BCUT2D eigenvalue weighted by Crippen LogP contribution is 2.28. The van der Waals surface area contributed by atoms with Crippen molar-refractivity contribution in [3.63, 3.8) is 0 Å². The van der Waals surface area contributed by atoms with Crippen LogP contribution in [0.4, 0.5) is 0 Å². The predicted octanol–water partition coefficient (Wildman–Crippen LogP) is 1.42. The van der Waals surface area contributed by atoms with Gasteiger partial charge in [0.05, 0.1) is 0 Å². The third-order valence-corrected chi connectivity index (χ3v) is 3.66. The van der Waals surface area contributed by atoms with Gasteiger partial charge in [0.1, 0.15) is 0 Å². The van der Waals surface area contributed by atoms with Crippen LogP contribution in [0.2, 0.25) is 0 Å². The molecule has 0 radical (unpaired) electrons. The van der Waals surface area contributed by atoms with Crippen LogP contribution < -0.4 is 5.32 Å². The molecule has 0 atom stereocenters. The van der Waals surface area contributed by atoms with Gasteiger partial charge < -0.3 is 5.32 Å². The van der Waals surface area contributed by atoms with Crippen molar-refractivity contribution in [3.05, 3.63) is 0 Å². The smallest absolute Gasteiger partial charge is 0.0231 e. The topological polar surface area (TPSA) is 15.3 Å². The summed E-state index contributed by atoms with van der Waals surface area (Å²) >= 11 is 2.10. The van der Waals surface area contributed by atoms with Crippen molar-refractivity contribution in [1.82, 2.24) is 10.2 Å². The molecule has 1 fully saturated rings. The SMILES string of the molecule is CCNCCN1CCSC(C)(C)C1. The van der Waals surface area contributed by atoms with Crippen molar-refractivity contribution in [2.24, 2.45) is 0 Å². The molecule has 0 saturated carbocycles. The zero-order chi connectivity index (χ0) is 9.73. The monoisotopic (exact) mass is 202 g/mol. The maximum Gasteiger partial charge on any atom is 0.0231 e. The molecule has 0 bridgehead atoms. The first-order chi connectivity index (χ1) is 6.14. The second kappa shape index (κ2) is 5.23. The van der Waals surface area contributed by atoms with Crippen LogP contribution in [0.1, 0.15) is 20.8 Å². The molecule has 2 nitrogen and oxygen atoms in total. The third-order valence-electron chi connectivity index (χ3n) is 2.36. The van der Waals surface area contributed by atoms with Crippen LogP contribution in [0.15, 0.2) is 0 Å². The lowest BCUT2D eigenvalue weighted by molar-refractivity contribution is 0.261. The summed E-state index contributed by atoms with van der Waals surface area (Å²) in [6.07, 6.45) is 0. The minimum absolute atomic E-state index is 0.463. The lowest BCUT2D eigenvalue weighted by Gasteiger charge is -2.37. The Morgan fingerprint density at radius 3 is 2.85 bits per heavy atom. The van der Waals surface area contributed by atoms with Crippen molar-refractivity contribution in [3.8, 4) is 0 Å². The van der Waals surface area contributed by atoms with E-state index in [4.69, 9.17) is 0 Å². The maximum atomic E-state index is 3.37. The fourth-order valence-corrected chi connectivity index (χ4v) is 2.89. The normalized spacial score (nSPS) is 23.3. The molecule has 0 spiro atoms. The van der Waals surface area contributed by atoms with Gasteiger partial charge in [-0.1, -0.05) is 6.92 Å². The number of nitrogens with one attached hydrogen (secondary N) is 1. The van der Waals surface area contributed by atoms with Crippen LogP contribution in [0.5, 0.6) is 0 Å². The molecule has 0 aliphatic carbocycles. The van der Waals surface area contributed by atoms with Crippen LogP contribution >= 0.6 is 11.8 Å². The molecular weight excluding hydrogens is 180 g/mol. The summed E-state index contributed by atoms with van der Waals surface area (Å²) in [7, 11) is 0. The van der Waals surface area contributed by atoms with Gasteiger partial charge in [-0.2, -0.15) is 11.8 Å². The van der Waals surface area contributed by atoms with Crippen molar-refractivity contribution < 1.29 is 0 Å². The van der Waals surface area contributed by atoms with E-state index in [0.29, 0.717) is 4.75 Å². The van der Waals surface area contributed by atoms with E-state index in [1.165, 1.54) is 25.4 Å². The molecule has 1 saturated heterocycles. The molecule has 13 heavy (non-hydrogen) atoms. The summed E-state index contributed by atoms with van der Waals surface area (Å²) in [4.78, 5) is 2.57. The summed E-state index contributed by atoms with van der Waals surface area (Å²) in [6, 6.07) is 0. The molecule has 3 heteroatoms. The van der Waals surface area contributed by atoms with E-state index in [1.54, 1.807) is 0 Å². The molecule has 0 aromatic rings. The quantitative estimate of drug-likeness (QED) is 0.694. The summed E-state index contributed by atoms with van der Waals surface area (Å²) in [5.41, 5.74) is 0. The van der Waals surface area contributed by atoms with Crippen molar-refractivity contribution in [2.75, 3.05) is 38.5 Å². The van der Waals surface area contributed by atoms with Crippen molar-refractivity contribution >= 4 is 11.8 Å². The number of rotatable bonds is 4. The van der Waals surface area contributed by atoms with Gasteiger partial charge in [-0.05, 0) is 20.4 Å². The predicted molar refractivity (Wildman–Crippen MR) is 61.5 cm³/mol. The fraction of sp³-hybridized carbons (Fsp3) is 1.00. The van der Waals surface area contributed by atoms with Gasteiger partial charge in [0, 0.05) is 36.7 Å². The van der Waals surface area contributed by atoms with Crippen LogP contribution in [-0.2, 0) is 0 Å². The highest BCUT2D eigenvalue weighted by atomic mass is 32.2. The Bertz CT molecular complexity index is 148. The largest absolute Gasteiger partial charge is 0.316 e. The lowest BCUT2D eigenvalue weighted by Crippen LogP contribution is -2.45. The van der Waals surface area contributed by atoms with Crippen LogP contribution in [-0.4, -0.2) is 48.1 Å². The summed E-state index contributed by atoms with van der Waals surface area (Å²) in [5, 5.41) is 3.37. The third kappa shape index (κ3) is 4.34. The Hall–Kier alpha value is 0.270. The van der Waals surface area contributed by atoms with Crippen molar-refractivity contribution in [1.29, 1.82) is 0 Å². The van der Waals surface area contributed by atoms with E-state index < -0.39 is 0 Å². The zero-order valence-corrected chi connectivity index (χ0v) is 9.91. The van der Waals surface area contributed by atoms with Gasteiger partial charge in [-0.25, -0.2) is 0 Å².